The maximum absolute atomic E-state index is 12.2. The number of hydrogen-bond acceptors (Lipinski definition) is 7. The van der Waals surface area contributed by atoms with Crippen LogP contribution < -0.4 is 4.90 Å². The van der Waals surface area contributed by atoms with E-state index in [9.17, 15) is 14.9 Å². The van der Waals surface area contributed by atoms with Crippen LogP contribution in [-0.2, 0) is 4.79 Å². The zero-order chi connectivity index (χ0) is 18.8. The third-order valence-corrected chi connectivity index (χ3v) is 6.26. The number of nitro groups is 1. The van der Waals surface area contributed by atoms with Gasteiger partial charge >= 0.3 is 0 Å². The third-order valence-electron chi connectivity index (χ3n) is 4.40. The minimum Gasteiger partial charge on any atom is -0.362 e. The van der Waals surface area contributed by atoms with Crippen molar-refractivity contribution in [1.82, 2.24) is 4.90 Å². The molecule has 0 bridgehead atoms. The Balaban J connectivity index is 1.42. The first-order chi connectivity index (χ1) is 13.1. The van der Waals surface area contributed by atoms with Gasteiger partial charge in [0.15, 0.2) is 5.17 Å². The lowest BCUT2D eigenvalue weighted by atomic mass is 10.2. The minimum atomic E-state index is -0.348. The number of nitro benzene ring substituents is 1. The highest BCUT2D eigenvalue weighted by atomic mass is 32.2. The van der Waals surface area contributed by atoms with Crippen LogP contribution in [0.4, 0.5) is 11.4 Å². The van der Waals surface area contributed by atoms with E-state index >= 15 is 0 Å². The summed E-state index contributed by atoms with van der Waals surface area (Å²) >= 11 is 2.98. The fourth-order valence-electron chi connectivity index (χ4n) is 3.06. The van der Waals surface area contributed by atoms with Gasteiger partial charge in [-0.2, -0.15) is 4.99 Å². The summed E-state index contributed by atoms with van der Waals surface area (Å²) in [5, 5.41) is 13.9. The lowest BCUT2D eigenvalue weighted by molar-refractivity contribution is -0.384. The molecule has 1 saturated heterocycles. The molecule has 0 atom stereocenters. The van der Waals surface area contributed by atoms with Gasteiger partial charge in [-0.15, -0.1) is 11.3 Å². The van der Waals surface area contributed by atoms with E-state index in [0.29, 0.717) is 41.9 Å². The van der Waals surface area contributed by atoms with Gasteiger partial charge in [-0.1, -0.05) is 18.2 Å². The number of amidine groups is 1. The second kappa shape index (κ2) is 7.53. The van der Waals surface area contributed by atoms with Gasteiger partial charge in [-0.05, 0) is 35.4 Å². The topological polar surface area (TPSA) is 79.0 Å². The van der Waals surface area contributed by atoms with Crippen molar-refractivity contribution in [3.63, 3.8) is 0 Å². The lowest BCUT2D eigenvalue weighted by Crippen LogP contribution is -2.48. The maximum atomic E-state index is 12.2. The second-order valence-electron chi connectivity index (χ2n) is 6.05. The van der Waals surface area contributed by atoms with E-state index in [1.807, 2.05) is 34.6 Å². The van der Waals surface area contributed by atoms with Gasteiger partial charge in [0.2, 0.25) is 0 Å². The Morgan fingerprint density at radius 1 is 1.07 bits per heavy atom. The molecule has 0 radical (unpaired) electrons. The highest BCUT2D eigenvalue weighted by Crippen LogP contribution is 2.33. The molecule has 1 amide bonds. The van der Waals surface area contributed by atoms with Crippen molar-refractivity contribution < 1.29 is 9.72 Å². The van der Waals surface area contributed by atoms with Gasteiger partial charge in [-0.25, -0.2) is 0 Å². The Hall–Kier alpha value is -2.65. The molecule has 1 aromatic carbocycles. The summed E-state index contributed by atoms with van der Waals surface area (Å²) in [4.78, 5) is 33.0. The summed E-state index contributed by atoms with van der Waals surface area (Å²) in [6, 6.07) is 10.7. The van der Waals surface area contributed by atoms with Crippen molar-refractivity contribution in [3.05, 3.63) is 61.7 Å². The molecule has 3 heterocycles. The number of para-hydroxylation sites is 2. The van der Waals surface area contributed by atoms with Crippen LogP contribution in [0.5, 0.6) is 0 Å². The number of carbonyl (C=O) groups is 1. The zero-order valence-corrected chi connectivity index (χ0v) is 15.9. The first kappa shape index (κ1) is 17.7. The van der Waals surface area contributed by atoms with Gasteiger partial charge in [0.05, 0.1) is 9.83 Å². The number of carbonyl (C=O) groups excluding carboxylic acids is 1. The van der Waals surface area contributed by atoms with Crippen molar-refractivity contribution in [1.29, 1.82) is 0 Å². The predicted octanol–water partition coefficient (Wildman–Crippen LogP) is 3.45. The largest absolute Gasteiger partial charge is 0.362 e. The van der Waals surface area contributed by atoms with Gasteiger partial charge in [-0.3, -0.25) is 14.9 Å². The fourth-order valence-corrected chi connectivity index (χ4v) is 4.75. The maximum Gasteiger partial charge on any atom is 0.292 e. The van der Waals surface area contributed by atoms with Crippen molar-refractivity contribution in [2.75, 3.05) is 31.1 Å². The van der Waals surface area contributed by atoms with Crippen molar-refractivity contribution >= 4 is 51.6 Å². The van der Waals surface area contributed by atoms with E-state index < -0.39 is 0 Å². The number of rotatable bonds is 3. The van der Waals surface area contributed by atoms with Crippen molar-refractivity contribution in [2.45, 2.75) is 0 Å². The molecule has 2 aromatic rings. The number of anilines is 1. The van der Waals surface area contributed by atoms with Gasteiger partial charge in [0, 0.05) is 37.1 Å². The summed E-state index contributed by atoms with van der Waals surface area (Å²) in [7, 11) is 0. The predicted molar refractivity (Wildman–Crippen MR) is 109 cm³/mol. The summed E-state index contributed by atoms with van der Waals surface area (Å²) < 4.78 is 0. The number of thiophene rings is 1. The molecule has 9 heteroatoms. The molecule has 0 unspecified atom stereocenters. The van der Waals surface area contributed by atoms with E-state index in [0.717, 1.165) is 4.88 Å². The molecule has 0 N–H and O–H groups in total. The van der Waals surface area contributed by atoms with Gasteiger partial charge in [0.1, 0.15) is 5.69 Å². The summed E-state index contributed by atoms with van der Waals surface area (Å²) in [5.41, 5.74) is 0.757. The molecule has 2 aliphatic heterocycles. The molecule has 7 nitrogen and oxygen atoms in total. The molecule has 138 valence electrons. The lowest BCUT2D eigenvalue weighted by Gasteiger charge is -2.36. The molecule has 4 rings (SSSR count). The van der Waals surface area contributed by atoms with Crippen LogP contribution in [0.15, 0.2) is 51.7 Å². The second-order valence-corrected chi connectivity index (χ2v) is 8.03. The number of aliphatic imine (C=N–C) groups is 1. The number of amides is 1. The van der Waals surface area contributed by atoms with Crippen LogP contribution in [-0.4, -0.2) is 47.1 Å². The minimum absolute atomic E-state index is 0.120. The monoisotopic (exact) mass is 400 g/mol. The highest BCUT2D eigenvalue weighted by molar-refractivity contribution is 8.18. The van der Waals surface area contributed by atoms with Crippen LogP contribution in [0.1, 0.15) is 4.88 Å². The van der Waals surface area contributed by atoms with Crippen LogP contribution in [0.2, 0.25) is 0 Å². The third kappa shape index (κ3) is 3.74. The first-order valence-electron chi connectivity index (χ1n) is 8.41. The number of nitrogens with zero attached hydrogens (tertiary/aromatic N) is 4. The van der Waals surface area contributed by atoms with E-state index in [-0.39, 0.29) is 16.5 Å². The summed E-state index contributed by atoms with van der Waals surface area (Å²) in [5.74, 6) is -0.204. The Morgan fingerprint density at radius 3 is 2.52 bits per heavy atom. The Bertz CT molecular complexity index is 932. The Kier molecular flexibility index (Phi) is 4.95. The normalized spacial score (nSPS) is 18.9. The van der Waals surface area contributed by atoms with E-state index in [4.69, 9.17) is 0 Å². The molecular formula is C18H16N4O3S2. The fraction of sp³-hybridized carbons (Fsp3) is 0.222. The average Bonchev–Trinajstić information content (AvgIpc) is 3.32. The summed E-state index contributed by atoms with van der Waals surface area (Å²) in [6.45, 7) is 2.61. The van der Waals surface area contributed by atoms with E-state index in [2.05, 4.69) is 9.89 Å². The van der Waals surface area contributed by atoms with Crippen LogP contribution in [0, 0.1) is 10.1 Å². The van der Waals surface area contributed by atoms with Crippen LogP contribution in [0.3, 0.4) is 0 Å². The first-order valence-corrected chi connectivity index (χ1v) is 10.1. The quantitative estimate of drug-likeness (QED) is 0.446. The summed E-state index contributed by atoms with van der Waals surface area (Å²) in [6.07, 6.45) is 1.87. The van der Waals surface area contributed by atoms with Crippen LogP contribution in [0.25, 0.3) is 6.08 Å². The van der Waals surface area contributed by atoms with Gasteiger partial charge < -0.3 is 9.80 Å². The number of thioether (sulfide) groups is 1. The molecule has 2 aliphatic rings. The molecule has 1 fully saturated rings. The molecule has 0 saturated carbocycles. The molecule has 0 aliphatic carbocycles. The standard InChI is InChI=1S/C18H16N4O3S2/c23-17-16(12-13-4-3-11-26-13)27-18(19-17)21-9-7-20(8-10-21)14-5-1-2-6-15(14)22(24)25/h1-6,11-12H,7-10H2/b16-12+. The van der Waals surface area contributed by atoms with Crippen LogP contribution >= 0.6 is 23.1 Å². The molecule has 0 spiro atoms. The SMILES string of the molecule is O=C1N=C(N2CCN(c3ccccc3[N+](=O)[O-])CC2)S/C1=C/c1cccs1. The Labute approximate surface area is 164 Å². The highest BCUT2D eigenvalue weighted by Gasteiger charge is 2.30. The smallest absolute Gasteiger partial charge is 0.292 e. The van der Waals surface area contributed by atoms with Crippen molar-refractivity contribution in [3.8, 4) is 0 Å². The zero-order valence-electron chi connectivity index (χ0n) is 14.3. The molecule has 1 aromatic heterocycles. The van der Waals surface area contributed by atoms with Crippen molar-refractivity contribution in [2.24, 2.45) is 4.99 Å². The number of hydrogen-bond donors (Lipinski definition) is 0. The van der Waals surface area contributed by atoms with E-state index in [1.54, 1.807) is 23.5 Å². The average molecular weight is 400 g/mol. The molecular weight excluding hydrogens is 384 g/mol. The van der Waals surface area contributed by atoms with E-state index in [1.165, 1.54) is 17.8 Å². The van der Waals surface area contributed by atoms with Gasteiger partial charge in [0.25, 0.3) is 11.6 Å². The number of benzene rings is 1. The Morgan fingerprint density at radius 2 is 1.81 bits per heavy atom. The molecule has 27 heavy (non-hydrogen) atoms. The number of piperazine rings is 1.